The van der Waals surface area contributed by atoms with E-state index in [1.165, 1.54) is 32.1 Å². The van der Waals surface area contributed by atoms with Crippen LogP contribution in [0.5, 0.6) is 0 Å². The Kier molecular flexibility index (Phi) is 4.48. The van der Waals surface area contributed by atoms with Gasteiger partial charge in [-0.15, -0.1) is 0 Å². The van der Waals surface area contributed by atoms with E-state index in [1.807, 2.05) is 13.0 Å². The van der Waals surface area contributed by atoms with Gasteiger partial charge < -0.3 is 9.88 Å². The molecule has 0 radical (unpaired) electrons. The minimum atomic E-state index is 0.0162. The van der Waals surface area contributed by atoms with Crippen LogP contribution in [0.1, 0.15) is 73.7 Å². The lowest BCUT2D eigenvalue weighted by Gasteiger charge is -2.29. The molecule has 5 heteroatoms. The van der Waals surface area contributed by atoms with E-state index in [0.29, 0.717) is 11.5 Å². The summed E-state index contributed by atoms with van der Waals surface area (Å²) in [6, 6.07) is 2.18. The van der Waals surface area contributed by atoms with Crippen molar-refractivity contribution in [3.05, 3.63) is 23.1 Å². The van der Waals surface area contributed by atoms with Crippen LogP contribution in [0.3, 0.4) is 0 Å². The molecule has 1 aliphatic heterocycles. The summed E-state index contributed by atoms with van der Waals surface area (Å²) in [7, 11) is 0. The van der Waals surface area contributed by atoms with Crippen molar-refractivity contribution in [3.8, 4) is 0 Å². The maximum absolute atomic E-state index is 13.0. The number of pyridine rings is 1. The van der Waals surface area contributed by atoms with Crippen LogP contribution >= 0.6 is 0 Å². The molecule has 2 aliphatic rings. The fraction of sp³-hybridized carbons (Fsp3) is 0.650. The molecular formula is C20H28N4O. The molecule has 25 heavy (non-hydrogen) atoms. The van der Waals surface area contributed by atoms with Crippen LogP contribution in [-0.4, -0.2) is 26.5 Å². The molecular weight excluding hydrogens is 312 g/mol. The summed E-state index contributed by atoms with van der Waals surface area (Å²) >= 11 is 0. The van der Waals surface area contributed by atoms with Crippen LogP contribution in [0.4, 0.5) is 0 Å². The summed E-state index contributed by atoms with van der Waals surface area (Å²) < 4.78 is 2.23. The van der Waals surface area contributed by atoms with Crippen LogP contribution in [0, 0.1) is 12.8 Å². The van der Waals surface area contributed by atoms with E-state index in [-0.39, 0.29) is 11.9 Å². The summed E-state index contributed by atoms with van der Waals surface area (Å²) in [5, 5.41) is 3.28. The van der Waals surface area contributed by atoms with Crippen LogP contribution in [0.15, 0.2) is 6.07 Å². The van der Waals surface area contributed by atoms with E-state index in [2.05, 4.69) is 16.8 Å². The van der Waals surface area contributed by atoms with Gasteiger partial charge in [-0.3, -0.25) is 4.79 Å². The summed E-state index contributed by atoms with van der Waals surface area (Å²) in [4.78, 5) is 22.6. The molecule has 2 aromatic rings. The van der Waals surface area contributed by atoms with Gasteiger partial charge in [0.05, 0.1) is 5.56 Å². The van der Waals surface area contributed by atoms with E-state index >= 15 is 0 Å². The van der Waals surface area contributed by atoms with E-state index in [0.717, 1.165) is 48.5 Å². The van der Waals surface area contributed by atoms with Crippen LogP contribution in [0.2, 0.25) is 0 Å². The van der Waals surface area contributed by atoms with Crippen molar-refractivity contribution >= 4 is 17.1 Å². The average Bonchev–Trinajstić information content (AvgIpc) is 2.78. The van der Waals surface area contributed by atoms with Gasteiger partial charge in [0.25, 0.3) is 5.91 Å². The maximum atomic E-state index is 13.0. The second kappa shape index (κ2) is 6.77. The highest BCUT2D eigenvalue weighted by Crippen LogP contribution is 2.26. The summed E-state index contributed by atoms with van der Waals surface area (Å²) in [5.74, 6) is 1.66. The van der Waals surface area contributed by atoms with Gasteiger partial charge in [0.15, 0.2) is 5.65 Å². The molecule has 4 rings (SSSR count). The summed E-state index contributed by atoms with van der Waals surface area (Å²) in [5.41, 5.74) is 3.25. The van der Waals surface area contributed by atoms with Gasteiger partial charge in [-0.05, 0) is 44.6 Å². The largest absolute Gasteiger partial charge is 0.349 e. The number of hydrogen-bond donors (Lipinski definition) is 1. The molecule has 1 N–H and O–H groups in total. The second-order valence-corrected chi connectivity index (χ2v) is 7.82. The standard InChI is InChI=1S/C20H28N4O/c1-13-8-5-6-9-16(13)22-20(25)15-12-14(2)21-19-18(15)23-17-10-4-3-7-11-24(17)19/h12-13,16H,3-11H2,1-2H3,(H,22,25). The Morgan fingerprint density at radius 2 is 2.00 bits per heavy atom. The molecule has 2 atom stereocenters. The number of carbonyl (C=O) groups excluding carboxylic acids is 1. The van der Waals surface area contributed by atoms with E-state index in [1.54, 1.807) is 0 Å². The molecule has 3 heterocycles. The fourth-order valence-electron chi connectivity index (χ4n) is 4.37. The highest BCUT2D eigenvalue weighted by molar-refractivity contribution is 6.04. The Bertz CT molecular complexity index is 795. The molecule has 1 saturated carbocycles. The van der Waals surface area contributed by atoms with Crippen LogP contribution < -0.4 is 5.32 Å². The second-order valence-electron chi connectivity index (χ2n) is 7.82. The number of nitrogens with zero attached hydrogens (tertiary/aromatic N) is 3. The fourth-order valence-corrected chi connectivity index (χ4v) is 4.37. The van der Waals surface area contributed by atoms with Crippen molar-refractivity contribution in [2.75, 3.05) is 0 Å². The molecule has 1 fully saturated rings. The minimum Gasteiger partial charge on any atom is -0.349 e. The van der Waals surface area contributed by atoms with Crippen molar-refractivity contribution in [3.63, 3.8) is 0 Å². The van der Waals surface area contributed by atoms with Gasteiger partial charge in [-0.2, -0.15) is 0 Å². The van der Waals surface area contributed by atoms with Crippen molar-refractivity contribution < 1.29 is 4.79 Å². The molecule has 0 saturated heterocycles. The third kappa shape index (κ3) is 3.16. The van der Waals surface area contributed by atoms with Gasteiger partial charge in [-0.1, -0.05) is 26.2 Å². The summed E-state index contributed by atoms with van der Waals surface area (Å²) in [6.07, 6.45) is 9.32. The zero-order valence-corrected chi connectivity index (χ0v) is 15.3. The van der Waals surface area contributed by atoms with E-state index in [4.69, 9.17) is 9.97 Å². The number of imidazole rings is 1. The zero-order chi connectivity index (χ0) is 17.4. The van der Waals surface area contributed by atoms with Gasteiger partial charge in [0, 0.05) is 24.7 Å². The lowest BCUT2D eigenvalue weighted by molar-refractivity contribution is 0.0911. The number of aryl methyl sites for hydroxylation is 3. The average molecular weight is 340 g/mol. The predicted octanol–water partition coefficient (Wildman–Crippen LogP) is 3.77. The monoisotopic (exact) mass is 340 g/mol. The first-order valence-corrected chi connectivity index (χ1v) is 9.81. The SMILES string of the molecule is Cc1cc(C(=O)NC2CCCCC2C)c2nc3n(c2n1)CCCCC3. The third-order valence-corrected chi connectivity index (χ3v) is 5.87. The molecule has 0 bridgehead atoms. The first kappa shape index (κ1) is 16.6. The molecule has 0 aromatic carbocycles. The van der Waals surface area contributed by atoms with Crippen molar-refractivity contribution in [1.82, 2.24) is 19.9 Å². The molecule has 5 nitrogen and oxygen atoms in total. The first-order valence-electron chi connectivity index (χ1n) is 9.81. The molecule has 0 spiro atoms. The van der Waals surface area contributed by atoms with Gasteiger partial charge in [0.2, 0.25) is 0 Å². The topological polar surface area (TPSA) is 59.8 Å². The first-order chi connectivity index (χ1) is 12.1. The van der Waals surface area contributed by atoms with Crippen molar-refractivity contribution in [1.29, 1.82) is 0 Å². The highest BCUT2D eigenvalue weighted by Gasteiger charge is 2.26. The third-order valence-electron chi connectivity index (χ3n) is 5.87. The minimum absolute atomic E-state index is 0.0162. The van der Waals surface area contributed by atoms with Crippen LogP contribution in [-0.2, 0) is 13.0 Å². The highest BCUT2D eigenvalue weighted by atomic mass is 16.1. The number of nitrogens with one attached hydrogen (secondary N) is 1. The van der Waals surface area contributed by atoms with Gasteiger partial charge in [-0.25, -0.2) is 9.97 Å². The Labute approximate surface area is 149 Å². The quantitative estimate of drug-likeness (QED) is 0.905. The molecule has 2 unspecified atom stereocenters. The summed E-state index contributed by atoms with van der Waals surface area (Å²) in [6.45, 7) is 5.18. The number of amides is 1. The van der Waals surface area contributed by atoms with E-state index in [9.17, 15) is 4.79 Å². The lowest BCUT2D eigenvalue weighted by atomic mass is 9.86. The normalized spacial score (nSPS) is 23.9. The van der Waals surface area contributed by atoms with Crippen molar-refractivity contribution in [2.45, 2.75) is 77.8 Å². The zero-order valence-electron chi connectivity index (χ0n) is 15.3. The Morgan fingerprint density at radius 1 is 1.16 bits per heavy atom. The lowest BCUT2D eigenvalue weighted by Crippen LogP contribution is -2.41. The Balaban J connectivity index is 1.70. The van der Waals surface area contributed by atoms with E-state index < -0.39 is 0 Å². The van der Waals surface area contributed by atoms with Crippen molar-refractivity contribution in [2.24, 2.45) is 5.92 Å². The Morgan fingerprint density at radius 3 is 2.84 bits per heavy atom. The molecule has 134 valence electrons. The predicted molar refractivity (Wildman–Crippen MR) is 98.7 cm³/mol. The number of carbonyl (C=O) groups is 1. The van der Waals surface area contributed by atoms with Crippen LogP contribution in [0.25, 0.3) is 11.2 Å². The number of hydrogen-bond acceptors (Lipinski definition) is 3. The Hall–Kier alpha value is -1.91. The maximum Gasteiger partial charge on any atom is 0.253 e. The molecule has 2 aromatic heterocycles. The molecule has 1 amide bonds. The van der Waals surface area contributed by atoms with Gasteiger partial charge >= 0.3 is 0 Å². The van der Waals surface area contributed by atoms with Gasteiger partial charge in [0.1, 0.15) is 11.3 Å². The number of aromatic nitrogens is 3. The molecule has 1 aliphatic carbocycles. The smallest absolute Gasteiger partial charge is 0.253 e. The number of fused-ring (bicyclic) bond motifs is 3. The number of rotatable bonds is 2.